The fraction of sp³-hybridized carbons (Fsp3) is 0.467. The minimum Gasteiger partial charge on any atom is -0.318 e. The van der Waals surface area contributed by atoms with E-state index in [2.05, 4.69) is 6.07 Å². The van der Waals surface area contributed by atoms with Crippen LogP contribution in [0.15, 0.2) is 22.4 Å². The van der Waals surface area contributed by atoms with Gasteiger partial charge in [-0.05, 0) is 18.3 Å². The maximum absolute atomic E-state index is 11.6. The van der Waals surface area contributed by atoms with Crippen molar-refractivity contribution in [1.29, 1.82) is 15.8 Å². The third kappa shape index (κ3) is 2.87. The lowest BCUT2D eigenvalue weighted by molar-refractivity contribution is -0.126. The summed E-state index contributed by atoms with van der Waals surface area (Å²) in [5.74, 6) is -0.180. The van der Waals surface area contributed by atoms with E-state index in [1.54, 1.807) is 7.05 Å². The molecule has 0 fully saturated rings. The first-order valence-electron chi connectivity index (χ1n) is 6.18. The molecule has 0 spiro atoms. The molecule has 0 unspecified atom stereocenters. The SMILES string of the molecule is CC(=O)N(C)C1=C(C#N)C(=C(C#N)C#N)CC(C)(C)C1. The number of amides is 1. The summed E-state index contributed by atoms with van der Waals surface area (Å²) in [6, 6.07) is 5.74. The van der Waals surface area contributed by atoms with Crippen molar-refractivity contribution in [2.45, 2.75) is 33.6 Å². The van der Waals surface area contributed by atoms with Gasteiger partial charge in [0.05, 0.1) is 5.57 Å². The summed E-state index contributed by atoms with van der Waals surface area (Å²) in [7, 11) is 1.60. The minimum atomic E-state index is -0.215. The van der Waals surface area contributed by atoms with Crippen LogP contribution in [0.4, 0.5) is 0 Å². The molecule has 0 aromatic heterocycles. The number of carbonyl (C=O) groups is 1. The molecule has 1 aliphatic rings. The van der Waals surface area contributed by atoms with Crippen molar-refractivity contribution in [3.63, 3.8) is 0 Å². The van der Waals surface area contributed by atoms with Crippen LogP contribution in [0.2, 0.25) is 0 Å². The minimum absolute atomic E-state index is 0.0521. The van der Waals surface area contributed by atoms with Gasteiger partial charge in [0.2, 0.25) is 5.91 Å². The molecule has 1 aliphatic carbocycles. The van der Waals surface area contributed by atoms with Crippen molar-refractivity contribution < 1.29 is 4.79 Å². The average molecular weight is 268 g/mol. The van der Waals surface area contributed by atoms with Gasteiger partial charge in [0.1, 0.15) is 23.8 Å². The molecule has 0 saturated heterocycles. The van der Waals surface area contributed by atoms with Gasteiger partial charge in [-0.3, -0.25) is 4.79 Å². The first-order valence-corrected chi connectivity index (χ1v) is 6.18. The van der Waals surface area contributed by atoms with Crippen LogP contribution < -0.4 is 0 Å². The summed E-state index contributed by atoms with van der Waals surface area (Å²) in [6.45, 7) is 5.39. The Labute approximate surface area is 119 Å². The van der Waals surface area contributed by atoms with Crippen LogP contribution in [0.1, 0.15) is 33.6 Å². The molecule has 5 heteroatoms. The molecule has 0 atom stereocenters. The van der Waals surface area contributed by atoms with Crippen LogP contribution in [0.5, 0.6) is 0 Å². The molecule has 0 aliphatic heterocycles. The number of carbonyl (C=O) groups excluding carboxylic acids is 1. The van der Waals surface area contributed by atoms with E-state index < -0.39 is 0 Å². The standard InChI is InChI=1S/C15H16N4O/c1-10(20)19(4)14-6-15(2,3)5-12(13(14)9-18)11(7-16)8-17/h5-6H2,1-4H3. The molecule has 20 heavy (non-hydrogen) atoms. The summed E-state index contributed by atoms with van der Waals surface area (Å²) >= 11 is 0. The molecule has 0 saturated carbocycles. The largest absolute Gasteiger partial charge is 0.318 e. The highest BCUT2D eigenvalue weighted by Gasteiger charge is 2.34. The van der Waals surface area contributed by atoms with E-state index in [1.165, 1.54) is 11.8 Å². The van der Waals surface area contributed by atoms with Crippen LogP contribution in [0.3, 0.4) is 0 Å². The monoisotopic (exact) mass is 268 g/mol. The maximum Gasteiger partial charge on any atom is 0.223 e. The van der Waals surface area contributed by atoms with Crippen LogP contribution in [-0.4, -0.2) is 17.9 Å². The lowest BCUT2D eigenvalue weighted by atomic mass is 9.72. The lowest BCUT2D eigenvalue weighted by Crippen LogP contribution is -2.32. The van der Waals surface area contributed by atoms with Crippen molar-refractivity contribution in [1.82, 2.24) is 4.90 Å². The van der Waals surface area contributed by atoms with E-state index in [9.17, 15) is 10.1 Å². The molecule has 5 nitrogen and oxygen atoms in total. The molecule has 0 N–H and O–H groups in total. The summed E-state index contributed by atoms with van der Waals surface area (Å²) in [5, 5.41) is 27.5. The van der Waals surface area contributed by atoms with E-state index in [4.69, 9.17) is 10.5 Å². The first-order chi connectivity index (χ1) is 9.27. The molecule has 102 valence electrons. The van der Waals surface area contributed by atoms with Crippen LogP contribution >= 0.6 is 0 Å². The maximum atomic E-state index is 11.6. The summed E-state index contributed by atoms with van der Waals surface area (Å²) in [5.41, 5.74) is 1.03. The number of rotatable bonds is 1. The number of hydrogen-bond acceptors (Lipinski definition) is 4. The van der Waals surface area contributed by atoms with Gasteiger partial charge in [0, 0.05) is 25.2 Å². The third-order valence-corrected chi connectivity index (χ3v) is 3.41. The van der Waals surface area contributed by atoms with E-state index >= 15 is 0 Å². The van der Waals surface area contributed by atoms with Gasteiger partial charge in [-0.25, -0.2) is 0 Å². The Morgan fingerprint density at radius 3 is 2.15 bits per heavy atom. The molecular formula is C15H16N4O. The zero-order valence-electron chi connectivity index (χ0n) is 12.1. The Morgan fingerprint density at radius 1 is 1.20 bits per heavy atom. The van der Waals surface area contributed by atoms with Gasteiger partial charge in [0.25, 0.3) is 0 Å². The quantitative estimate of drug-likeness (QED) is 0.682. The van der Waals surface area contributed by atoms with Crippen molar-refractivity contribution in [3.05, 3.63) is 22.4 Å². The van der Waals surface area contributed by atoms with Gasteiger partial charge in [-0.1, -0.05) is 13.8 Å². The third-order valence-electron chi connectivity index (χ3n) is 3.41. The second kappa shape index (κ2) is 5.59. The van der Waals surface area contributed by atoms with E-state index in [0.29, 0.717) is 24.1 Å². The fourth-order valence-electron chi connectivity index (χ4n) is 2.33. The molecule has 0 bridgehead atoms. The Balaban J connectivity index is 3.64. The highest BCUT2D eigenvalue weighted by atomic mass is 16.2. The molecule has 0 heterocycles. The Kier molecular flexibility index (Phi) is 4.33. The van der Waals surface area contributed by atoms with Gasteiger partial charge in [-0.15, -0.1) is 0 Å². The van der Waals surface area contributed by atoms with E-state index in [1.807, 2.05) is 26.0 Å². The zero-order chi connectivity index (χ0) is 15.5. The second-order valence-electron chi connectivity index (χ2n) is 5.61. The number of nitriles is 3. The van der Waals surface area contributed by atoms with E-state index in [0.717, 1.165) is 0 Å². The summed E-state index contributed by atoms with van der Waals surface area (Å²) in [4.78, 5) is 13.0. The molecule has 0 radical (unpaired) electrons. The van der Waals surface area contributed by atoms with Crippen molar-refractivity contribution in [2.75, 3.05) is 7.05 Å². The Morgan fingerprint density at radius 2 is 1.75 bits per heavy atom. The van der Waals surface area contributed by atoms with Crippen LogP contribution in [0, 0.1) is 39.4 Å². The van der Waals surface area contributed by atoms with Gasteiger partial charge in [0.15, 0.2) is 0 Å². The average Bonchev–Trinajstić information content (AvgIpc) is 2.37. The number of hydrogen-bond donors (Lipinski definition) is 0. The van der Waals surface area contributed by atoms with Crippen molar-refractivity contribution in [3.8, 4) is 18.2 Å². The van der Waals surface area contributed by atoms with Crippen LogP contribution in [-0.2, 0) is 4.79 Å². The topological polar surface area (TPSA) is 91.7 Å². The Hall–Kier alpha value is -2.58. The lowest BCUT2D eigenvalue weighted by Gasteiger charge is -2.36. The highest BCUT2D eigenvalue weighted by molar-refractivity contribution is 5.76. The molecule has 1 amide bonds. The normalized spacial score (nSPS) is 16.8. The van der Waals surface area contributed by atoms with Gasteiger partial charge in [-0.2, -0.15) is 15.8 Å². The number of allylic oxidation sites excluding steroid dienone is 4. The van der Waals surface area contributed by atoms with Gasteiger partial charge >= 0.3 is 0 Å². The predicted molar refractivity (Wildman–Crippen MR) is 72.4 cm³/mol. The molecular weight excluding hydrogens is 252 g/mol. The molecule has 0 aromatic rings. The predicted octanol–water partition coefficient (Wildman–Crippen LogP) is 2.41. The van der Waals surface area contributed by atoms with Gasteiger partial charge < -0.3 is 4.90 Å². The van der Waals surface area contributed by atoms with Crippen molar-refractivity contribution >= 4 is 5.91 Å². The first kappa shape index (κ1) is 15.5. The Bertz CT molecular complexity index is 616. The second-order valence-corrected chi connectivity index (χ2v) is 5.61. The molecule has 0 aromatic carbocycles. The van der Waals surface area contributed by atoms with Crippen LogP contribution in [0.25, 0.3) is 0 Å². The summed E-state index contributed by atoms with van der Waals surface area (Å²) < 4.78 is 0. The fourth-order valence-corrected chi connectivity index (χ4v) is 2.33. The zero-order valence-corrected chi connectivity index (χ0v) is 12.1. The summed E-state index contributed by atoms with van der Waals surface area (Å²) in [6.07, 6.45) is 1.03. The van der Waals surface area contributed by atoms with Crippen molar-refractivity contribution in [2.24, 2.45) is 5.41 Å². The van der Waals surface area contributed by atoms with E-state index in [-0.39, 0.29) is 22.5 Å². The molecule has 1 rings (SSSR count). The smallest absolute Gasteiger partial charge is 0.223 e. The number of nitrogens with zero attached hydrogens (tertiary/aromatic N) is 4. The highest BCUT2D eigenvalue weighted by Crippen LogP contribution is 2.43.